The first kappa shape index (κ1) is 13.6. The average molecular weight is 297 g/mol. The van der Waals surface area contributed by atoms with Gasteiger partial charge in [-0.1, -0.05) is 30.3 Å². The lowest BCUT2D eigenvalue weighted by atomic mass is 9.96. The molecule has 0 N–H and O–H groups in total. The van der Waals surface area contributed by atoms with Crippen molar-refractivity contribution in [3.8, 4) is 22.4 Å². The molecule has 2 heterocycles. The highest BCUT2D eigenvalue weighted by atomic mass is 14.8. The van der Waals surface area contributed by atoms with E-state index in [1.807, 2.05) is 18.5 Å². The van der Waals surface area contributed by atoms with Gasteiger partial charge >= 0.3 is 0 Å². The predicted octanol–water partition coefficient (Wildman–Crippen LogP) is 4.67. The fourth-order valence-corrected chi connectivity index (χ4v) is 2.88. The Morgan fingerprint density at radius 3 is 2.52 bits per heavy atom. The summed E-state index contributed by atoms with van der Waals surface area (Å²) in [6, 6.07) is 14.8. The Bertz CT molecular complexity index is 973. The van der Waals surface area contributed by atoms with E-state index in [1.165, 1.54) is 10.9 Å². The maximum absolute atomic E-state index is 4.41. The van der Waals surface area contributed by atoms with Crippen molar-refractivity contribution in [1.29, 1.82) is 0 Å². The zero-order chi connectivity index (χ0) is 15.6. The maximum Gasteiger partial charge on any atom is 0.0885 e. The molecule has 0 atom stereocenters. The summed E-state index contributed by atoms with van der Waals surface area (Å²) in [6.45, 7) is 2.10. The highest BCUT2D eigenvalue weighted by Gasteiger charge is 2.08. The van der Waals surface area contributed by atoms with Crippen LogP contribution in [0.4, 0.5) is 0 Å². The van der Waals surface area contributed by atoms with Gasteiger partial charge in [-0.2, -0.15) is 0 Å². The van der Waals surface area contributed by atoms with Crippen LogP contribution in [-0.2, 0) is 0 Å². The molecule has 4 aromatic rings. The molecule has 0 unspecified atom stereocenters. The molecule has 3 nitrogen and oxygen atoms in total. The van der Waals surface area contributed by atoms with Gasteiger partial charge in [-0.3, -0.25) is 15.0 Å². The van der Waals surface area contributed by atoms with Gasteiger partial charge in [-0.05, 0) is 35.6 Å². The first-order chi connectivity index (χ1) is 11.3. The fraction of sp³-hybridized carbons (Fsp3) is 0.0500. The van der Waals surface area contributed by atoms with Crippen LogP contribution in [0.25, 0.3) is 33.2 Å². The summed E-state index contributed by atoms with van der Waals surface area (Å²) >= 11 is 0. The third-order valence-electron chi connectivity index (χ3n) is 3.92. The van der Waals surface area contributed by atoms with E-state index in [-0.39, 0.29) is 0 Å². The average Bonchev–Trinajstić information content (AvgIpc) is 2.61. The van der Waals surface area contributed by atoms with Crippen molar-refractivity contribution < 1.29 is 0 Å². The topological polar surface area (TPSA) is 38.7 Å². The molecule has 0 saturated heterocycles. The standard InChI is InChI=1S/C20H15N3/c1-14-8-16(10-17(9-14)20-13-21-6-7-23-20)19-12-22-11-15-4-2-3-5-18(15)19/h2-13H,1H3. The molecule has 3 heteroatoms. The van der Waals surface area contributed by atoms with Crippen LogP contribution in [0.2, 0.25) is 0 Å². The quantitative estimate of drug-likeness (QED) is 0.540. The molecule has 4 rings (SSSR count). The second-order valence-electron chi connectivity index (χ2n) is 5.59. The third kappa shape index (κ3) is 2.57. The van der Waals surface area contributed by atoms with Crippen molar-refractivity contribution in [2.45, 2.75) is 6.92 Å². The van der Waals surface area contributed by atoms with Crippen LogP contribution in [0.1, 0.15) is 5.56 Å². The predicted molar refractivity (Wildman–Crippen MR) is 92.9 cm³/mol. The molecule has 0 amide bonds. The van der Waals surface area contributed by atoms with E-state index in [4.69, 9.17) is 0 Å². The lowest BCUT2D eigenvalue weighted by Crippen LogP contribution is -1.89. The van der Waals surface area contributed by atoms with Gasteiger partial charge in [0.2, 0.25) is 0 Å². The number of aromatic nitrogens is 3. The number of fused-ring (bicyclic) bond motifs is 1. The van der Waals surface area contributed by atoms with E-state index in [0.29, 0.717) is 0 Å². The molecular weight excluding hydrogens is 282 g/mol. The van der Waals surface area contributed by atoms with E-state index < -0.39 is 0 Å². The first-order valence-electron chi connectivity index (χ1n) is 7.52. The molecule has 0 aliphatic rings. The van der Waals surface area contributed by atoms with Crippen molar-refractivity contribution in [2.24, 2.45) is 0 Å². The lowest BCUT2D eigenvalue weighted by Gasteiger charge is -2.10. The highest BCUT2D eigenvalue weighted by Crippen LogP contribution is 2.31. The zero-order valence-corrected chi connectivity index (χ0v) is 12.8. The first-order valence-corrected chi connectivity index (χ1v) is 7.52. The van der Waals surface area contributed by atoms with Crippen LogP contribution >= 0.6 is 0 Å². The smallest absolute Gasteiger partial charge is 0.0885 e. The number of aryl methyl sites for hydroxylation is 1. The van der Waals surface area contributed by atoms with E-state index in [1.54, 1.807) is 18.6 Å². The number of rotatable bonds is 2. The van der Waals surface area contributed by atoms with Crippen LogP contribution < -0.4 is 0 Å². The van der Waals surface area contributed by atoms with E-state index >= 15 is 0 Å². The van der Waals surface area contributed by atoms with Crippen LogP contribution in [-0.4, -0.2) is 15.0 Å². The molecule has 110 valence electrons. The number of nitrogens with zero attached hydrogens (tertiary/aromatic N) is 3. The van der Waals surface area contributed by atoms with Gasteiger partial charge in [0.15, 0.2) is 0 Å². The second kappa shape index (κ2) is 5.61. The molecule has 0 bridgehead atoms. The van der Waals surface area contributed by atoms with Gasteiger partial charge in [0.05, 0.1) is 11.9 Å². The van der Waals surface area contributed by atoms with Crippen LogP contribution in [0.3, 0.4) is 0 Å². The van der Waals surface area contributed by atoms with E-state index in [9.17, 15) is 0 Å². The maximum atomic E-state index is 4.41. The van der Waals surface area contributed by atoms with Gasteiger partial charge in [0.1, 0.15) is 0 Å². The van der Waals surface area contributed by atoms with Crippen molar-refractivity contribution in [2.75, 3.05) is 0 Å². The molecule has 0 fully saturated rings. The summed E-state index contributed by atoms with van der Waals surface area (Å²) in [4.78, 5) is 13.0. The van der Waals surface area contributed by atoms with Crippen molar-refractivity contribution >= 4 is 10.8 Å². The van der Waals surface area contributed by atoms with Gasteiger partial charge < -0.3 is 0 Å². The Balaban J connectivity index is 1.94. The monoisotopic (exact) mass is 297 g/mol. The van der Waals surface area contributed by atoms with E-state index in [2.05, 4.69) is 58.3 Å². The lowest BCUT2D eigenvalue weighted by molar-refractivity contribution is 1.20. The van der Waals surface area contributed by atoms with Gasteiger partial charge in [-0.15, -0.1) is 0 Å². The SMILES string of the molecule is Cc1cc(-c2cnccn2)cc(-c2cncc3ccccc23)c1. The fourth-order valence-electron chi connectivity index (χ4n) is 2.88. The molecule has 0 spiro atoms. The minimum atomic E-state index is 0.880. The molecule has 2 aromatic heterocycles. The van der Waals surface area contributed by atoms with Crippen molar-refractivity contribution in [1.82, 2.24) is 15.0 Å². The third-order valence-corrected chi connectivity index (χ3v) is 3.92. The Morgan fingerprint density at radius 2 is 1.65 bits per heavy atom. The van der Waals surface area contributed by atoms with Crippen LogP contribution in [0.15, 0.2) is 73.4 Å². The summed E-state index contributed by atoms with van der Waals surface area (Å²) in [5, 5.41) is 2.35. The number of benzene rings is 2. The molecule has 0 aliphatic heterocycles. The van der Waals surface area contributed by atoms with Crippen LogP contribution in [0.5, 0.6) is 0 Å². The molecule has 23 heavy (non-hydrogen) atoms. The summed E-state index contributed by atoms with van der Waals surface area (Å²) in [5.41, 5.74) is 5.43. The normalized spacial score (nSPS) is 10.8. The Kier molecular flexibility index (Phi) is 3.31. The Labute approximate surface area is 134 Å². The molecule has 2 aromatic carbocycles. The van der Waals surface area contributed by atoms with Crippen molar-refractivity contribution in [3.63, 3.8) is 0 Å². The zero-order valence-electron chi connectivity index (χ0n) is 12.8. The van der Waals surface area contributed by atoms with Crippen molar-refractivity contribution in [3.05, 3.63) is 79.0 Å². The number of hydrogen-bond donors (Lipinski definition) is 0. The summed E-state index contributed by atoms with van der Waals surface area (Å²) in [6.07, 6.45) is 9.03. The summed E-state index contributed by atoms with van der Waals surface area (Å²) in [7, 11) is 0. The molecule has 0 radical (unpaired) electrons. The molecular formula is C20H15N3. The largest absolute Gasteiger partial charge is 0.263 e. The Hall–Kier alpha value is -3.07. The van der Waals surface area contributed by atoms with Gasteiger partial charge in [-0.25, -0.2) is 0 Å². The number of hydrogen-bond acceptors (Lipinski definition) is 3. The van der Waals surface area contributed by atoms with E-state index in [0.717, 1.165) is 27.8 Å². The van der Waals surface area contributed by atoms with Crippen LogP contribution in [0, 0.1) is 6.92 Å². The molecule has 0 aliphatic carbocycles. The minimum absolute atomic E-state index is 0.880. The molecule has 0 saturated carbocycles. The minimum Gasteiger partial charge on any atom is -0.263 e. The second-order valence-corrected chi connectivity index (χ2v) is 5.59. The highest BCUT2D eigenvalue weighted by molar-refractivity contribution is 5.96. The summed E-state index contributed by atoms with van der Waals surface area (Å²) in [5.74, 6) is 0. The van der Waals surface area contributed by atoms with Gasteiger partial charge in [0.25, 0.3) is 0 Å². The van der Waals surface area contributed by atoms with Gasteiger partial charge in [0, 0.05) is 41.3 Å². The Morgan fingerprint density at radius 1 is 0.783 bits per heavy atom. The summed E-state index contributed by atoms with van der Waals surface area (Å²) < 4.78 is 0. The number of pyridine rings is 1.